The fourth-order valence-electron chi connectivity index (χ4n) is 4.11. The first-order chi connectivity index (χ1) is 23.1. The van der Waals surface area contributed by atoms with Crippen molar-refractivity contribution in [3.05, 3.63) is 59.7 Å². The summed E-state index contributed by atoms with van der Waals surface area (Å²) in [5, 5.41) is 8.44. The fraction of sp³-hybridized carbons (Fsp3) is 0.529. The van der Waals surface area contributed by atoms with Gasteiger partial charge >= 0.3 is 24.2 Å². The lowest BCUT2D eigenvalue weighted by Crippen LogP contribution is -2.13. The summed E-state index contributed by atoms with van der Waals surface area (Å²) >= 11 is 0. The second-order valence-electron chi connectivity index (χ2n) is 11.2. The van der Waals surface area contributed by atoms with Crippen LogP contribution in [0.1, 0.15) is 113 Å². The summed E-state index contributed by atoms with van der Waals surface area (Å²) in [6, 6.07) is 12.4. The maximum Gasteiger partial charge on any atom is 0.543 e. The van der Waals surface area contributed by atoms with E-state index in [2.05, 4.69) is 29.6 Å². The Bertz CT molecular complexity index is 1120. The molecule has 0 fully saturated rings. The maximum atomic E-state index is 11.9. The molecule has 0 amide bonds. The Balaban J connectivity index is 1.34. The molecule has 0 radical (unpaired) electrons. The highest BCUT2D eigenvalue weighted by molar-refractivity contribution is 5.89. The summed E-state index contributed by atoms with van der Waals surface area (Å²) in [6.45, 7) is 7.87. The van der Waals surface area contributed by atoms with Gasteiger partial charge in [-0.3, -0.25) is 9.78 Å². The number of carbonyl (C=O) groups is 4. The van der Waals surface area contributed by atoms with Crippen molar-refractivity contribution in [1.29, 1.82) is 0 Å². The molecule has 0 atom stereocenters. The predicted octanol–water partition coefficient (Wildman–Crippen LogP) is 8.18. The third kappa shape index (κ3) is 18.6. The molecule has 2 rings (SSSR count). The number of hydrogen-bond acceptors (Lipinski definition) is 14. The van der Waals surface area contributed by atoms with E-state index in [1.54, 1.807) is 24.3 Å². The second kappa shape index (κ2) is 23.7. The van der Waals surface area contributed by atoms with Crippen LogP contribution in [-0.4, -0.2) is 49.7 Å². The van der Waals surface area contributed by atoms with Crippen molar-refractivity contribution in [3.63, 3.8) is 0 Å². The first kappa shape index (κ1) is 39.6. The van der Waals surface area contributed by atoms with Gasteiger partial charge in [-0.1, -0.05) is 51.4 Å². The molecular formula is C34H46O14. The van der Waals surface area contributed by atoms with E-state index in [4.69, 9.17) is 18.9 Å². The van der Waals surface area contributed by atoms with Crippen molar-refractivity contribution in [1.82, 2.24) is 0 Å². The first-order valence-electron chi connectivity index (χ1n) is 16.1. The van der Waals surface area contributed by atoms with Gasteiger partial charge in [0.05, 0.1) is 46.6 Å². The zero-order valence-electron chi connectivity index (χ0n) is 28.0. The van der Waals surface area contributed by atoms with Crippen LogP contribution in [0.4, 0.5) is 9.59 Å². The molecule has 48 heavy (non-hydrogen) atoms. The number of unbranched alkanes of at least 4 members (excludes halogenated alkanes) is 9. The molecule has 0 spiro atoms. The minimum atomic E-state index is -1.10. The van der Waals surface area contributed by atoms with Gasteiger partial charge in [0.2, 0.25) is 0 Å². The van der Waals surface area contributed by atoms with Gasteiger partial charge < -0.3 is 18.9 Å². The lowest BCUT2D eigenvalue weighted by atomic mass is 10.1. The number of hydrogen-bond donors (Lipinski definition) is 0. The Morgan fingerprint density at radius 2 is 0.771 bits per heavy atom. The monoisotopic (exact) mass is 678 g/mol. The summed E-state index contributed by atoms with van der Waals surface area (Å²) in [4.78, 5) is 64.4. The lowest BCUT2D eigenvalue weighted by Gasteiger charge is -2.09. The van der Waals surface area contributed by atoms with Crippen molar-refractivity contribution >= 4 is 24.2 Å². The highest BCUT2D eigenvalue weighted by Crippen LogP contribution is 2.16. The molecule has 2 aromatic rings. The van der Waals surface area contributed by atoms with Crippen LogP contribution in [0.3, 0.4) is 0 Å². The molecule has 2 aromatic carbocycles. The van der Waals surface area contributed by atoms with Gasteiger partial charge in [0.25, 0.3) is 0 Å². The summed E-state index contributed by atoms with van der Waals surface area (Å²) < 4.78 is 20.8. The van der Waals surface area contributed by atoms with E-state index in [9.17, 15) is 19.2 Å². The molecule has 0 aromatic heterocycles. The van der Waals surface area contributed by atoms with Crippen molar-refractivity contribution < 1.29 is 67.8 Å². The maximum absolute atomic E-state index is 11.9. The number of rotatable bonds is 23. The summed E-state index contributed by atoms with van der Waals surface area (Å²) in [6.07, 6.45) is 7.20. The zero-order valence-corrected chi connectivity index (χ0v) is 28.0. The molecule has 0 saturated heterocycles. The van der Waals surface area contributed by atoms with Crippen LogP contribution in [0.5, 0.6) is 11.5 Å². The molecule has 0 bridgehead atoms. The second-order valence-corrected chi connectivity index (χ2v) is 11.2. The Hall–Kier alpha value is -4.56. The zero-order chi connectivity index (χ0) is 35.0. The van der Waals surface area contributed by atoms with Crippen LogP contribution in [0, 0.1) is 0 Å². The van der Waals surface area contributed by atoms with Crippen LogP contribution in [0.25, 0.3) is 0 Å². The smallest absolute Gasteiger partial charge is 0.491 e. The van der Waals surface area contributed by atoms with Gasteiger partial charge in [0, 0.05) is 0 Å². The minimum absolute atomic E-state index is 0.00186. The average molecular weight is 679 g/mol. The molecular weight excluding hydrogens is 632 g/mol. The van der Waals surface area contributed by atoms with E-state index < -0.39 is 24.2 Å². The van der Waals surface area contributed by atoms with E-state index in [0.717, 1.165) is 51.4 Å². The van der Waals surface area contributed by atoms with Crippen LogP contribution < -0.4 is 9.47 Å². The number of carbonyl (C=O) groups excluding carboxylic acids is 4. The summed E-state index contributed by atoms with van der Waals surface area (Å²) in [5.41, 5.74) is 0.387. The Labute approximate surface area is 280 Å². The normalized spacial score (nSPS) is 10.7. The number of benzene rings is 2. The lowest BCUT2D eigenvalue weighted by molar-refractivity contribution is -0.452. The highest BCUT2D eigenvalue weighted by Gasteiger charge is 2.14. The average Bonchev–Trinajstić information content (AvgIpc) is 3.05. The number of ether oxygens (including phenoxy) is 4. The topological polar surface area (TPSA) is 161 Å². The quantitative estimate of drug-likeness (QED) is 0.0479. The predicted molar refractivity (Wildman–Crippen MR) is 168 cm³/mol. The van der Waals surface area contributed by atoms with E-state index in [0.29, 0.717) is 24.3 Å². The van der Waals surface area contributed by atoms with Gasteiger partial charge in [-0.25, -0.2) is 29.0 Å². The molecule has 0 aliphatic rings. The highest BCUT2D eigenvalue weighted by atomic mass is 17.5. The van der Waals surface area contributed by atoms with Gasteiger partial charge in [0.1, 0.15) is 11.5 Å². The van der Waals surface area contributed by atoms with E-state index in [-0.39, 0.29) is 36.5 Å². The fourth-order valence-corrected chi connectivity index (χ4v) is 4.11. The molecule has 14 nitrogen and oxygen atoms in total. The Morgan fingerprint density at radius 1 is 0.458 bits per heavy atom. The summed E-state index contributed by atoms with van der Waals surface area (Å²) in [7, 11) is 0. The van der Waals surface area contributed by atoms with Crippen LogP contribution in [0.2, 0.25) is 0 Å². The Kier molecular flexibility index (Phi) is 19.6. The Morgan fingerprint density at radius 3 is 1.08 bits per heavy atom. The molecule has 0 N–H and O–H groups in total. The van der Waals surface area contributed by atoms with E-state index in [1.807, 2.05) is 27.7 Å². The SMILES string of the molecule is CC(C)Oc1ccc(C(=O)OOOC(=O)OCCCCCCCCCCCCOC(=O)OOOC(=O)c2ccc(OC(C)C)cc2)cc1. The molecule has 0 heterocycles. The van der Waals surface area contributed by atoms with Crippen molar-refractivity contribution in [2.24, 2.45) is 0 Å². The third-order valence-electron chi connectivity index (χ3n) is 6.33. The molecule has 0 aliphatic heterocycles. The third-order valence-corrected chi connectivity index (χ3v) is 6.33. The van der Waals surface area contributed by atoms with Crippen LogP contribution in [-0.2, 0) is 39.1 Å². The molecule has 0 aliphatic carbocycles. The molecule has 0 saturated carbocycles. The van der Waals surface area contributed by atoms with E-state index >= 15 is 0 Å². The standard InChI is InChI=1S/C34H46O14/c1-25(2)41-29-19-15-27(16-20-29)31(35)43-47-45-33(37)39-23-13-11-9-7-5-6-8-10-12-14-24-40-34(38)46-48-44-32(36)28-17-21-30(22-18-28)42-26(3)4/h15-22,25-26H,5-14,23-24H2,1-4H3. The van der Waals surface area contributed by atoms with Crippen molar-refractivity contribution in [3.8, 4) is 11.5 Å². The first-order valence-corrected chi connectivity index (χ1v) is 16.1. The van der Waals surface area contributed by atoms with Crippen molar-refractivity contribution in [2.45, 2.75) is 104 Å². The van der Waals surface area contributed by atoms with Gasteiger partial charge in [-0.15, -0.1) is 0 Å². The molecule has 0 unspecified atom stereocenters. The van der Waals surface area contributed by atoms with Crippen LogP contribution in [0.15, 0.2) is 48.5 Å². The molecule has 266 valence electrons. The van der Waals surface area contributed by atoms with Gasteiger partial charge in [-0.2, -0.15) is 0 Å². The van der Waals surface area contributed by atoms with Gasteiger partial charge in [-0.05, 0) is 89.1 Å². The minimum Gasteiger partial charge on any atom is -0.491 e. The van der Waals surface area contributed by atoms with Gasteiger partial charge in [0.15, 0.2) is 0 Å². The summed E-state index contributed by atoms with van der Waals surface area (Å²) in [5.74, 6) is -0.466. The van der Waals surface area contributed by atoms with E-state index in [1.165, 1.54) is 24.3 Å². The molecule has 14 heteroatoms. The van der Waals surface area contributed by atoms with Crippen LogP contribution >= 0.6 is 0 Å². The van der Waals surface area contributed by atoms with Crippen molar-refractivity contribution in [2.75, 3.05) is 13.2 Å². The largest absolute Gasteiger partial charge is 0.543 e.